The van der Waals surface area contributed by atoms with E-state index in [0.717, 1.165) is 28.0 Å². The molecule has 7 nitrogen and oxygen atoms in total. The smallest absolute Gasteiger partial charge is 0.276 e. The Balaban J connectivity index is 1.88. The number of nitrogens with zero attached hydrogens (tertiary/aromatic N) is 2. The number of hydrogen-bond donors (Lipinski definition) is 2. The summed E-state index contributed by atoms with van der Waals surface area (Å²) in [6.07, 6.45) is 1.66. The van der Waals surface area contributed by atoms with E-state index in [-0.39, 0.29) is 22.0 Å². The lowest BCUT2D eigenvalue weighted by Gasteiger charge is -2.27. The highest BCUT2D eigenvalue weighted by molar-refractivity contribution is 7.94. The third kappa shape index (κ3) is 4.97. The molecule has 0 aliphatic carbocycles. The molecule has 0 aliphatic heterocycles. The Bertz CT molecular complexity index is 1480. The number of pyridine rings is 1. The maximum atomic E-state index is 14.1. The third-order valence-corrected chi connectivity index (χ3v) is 9.09. The lowest BCUT2D eigenvalue weighted by molar-refractivity contribution is 0.0707. The van der Waals surface area contributed by atoms with Crippen molar-refractivity contribution in [1.82, 2.24) is 10.5 Å². The van der Waals surface area contributed by atoms with Gasteiger partial charge in [0.05, 0.1) is 28.4 Å². The van der Waals surface area contributed by atoms with Crippen LogP contribution in [0.15, 0.2) is 77.1 Å². The minimum absolute atomic E-state index is 0.0107. The van der Waals surface area contributed by atoms with Gasteiger partial charge < -0.3 is 0 Å². The van der Waals surface area contributed by atoms with Crippen LogP contribution < -0.4 is 9.79 Å². The number of rotatable bonds is 7. The Morgan fingerprint density at radius 1 is 0.971 bits per heavy atom. The Morgan fingerprint density at radius 2 is 1.77 bits per heavy atom. The molecule has 0 saturated heterocycles. The fourth-order valence-electron chi connectivity index (χ4n) is 3.80. The van der Waals surface area contributed by atoms with Gasteiger partial charge in [0.1, 0.15) is 4.21 Å². The molecule has 0 bridgehead atoms. The van der Waals surface area contributed by atoms with Gasteiger partial charge in [0.15, 0.2) is 0 Å². The van der Waals surface area contributed by atoms with Crippen LogP contribution in [-0.2, 0) is 16.6 Å². The van der Waals surface area contributed by atoms with Crippen molar-refractivity contribution in [2.45, 2.75) is 31.5 Å². The number of aromatic nitrogens is 1. The number of carbonyl (C=O) groups is 1. The van der Waals surface area contributed by atoms with E-state index in [2.05, 4.69) is 4.98 Å². The van der Waals surface area contributed by atoms with E-state index in [1.54, 1.807) is 48.9 Å². The van der Waals surface area contributed by atoms with E-state index < -0.39 is 15.9 Å². The second-order valence-electron chi connectivity index (χ2n) is 8.18. The van der Waals surface area contributed by atoms with Gasteiger partial charge >= 0.3 is 0 Å². The van der Waals surface area contributed by atoms with Gasteiger partial charge in [0.25, 0.3) is 15.9 Å². The van der Waals surface area contributed by atoms with Crippen molar-refractivity contribution < 1.29 is 18.4 Å². The molecule has 0 aliphatic rings. The average Bonchev–Trinajstić information content (AvgIpc) is 3.36. The first-order valence-electron chi connectivity index (χ1n) is 10.9. The first kappa shape index (κ1) is 24.6. The second kappa shape index (κ2) is 9.99. The van der Waals surface area contributed by atoms with Crippen molar-refractivity contribution in [3.05, 3.63) is 101 Å². The van der Waals surface area contributed by atoms with Gasteiger partial charge in [-0.3, -0.25) is 19.3 Å². The molecule has 2 aromatic carbocycles. The van der Waals surface area contributed by atoms with Gasteiger partial charge in [0, 0.05) is 6.20 Å². The molecule has 2 heterocycles. The summed E-state index contributed by atoms with van der Waals surface area (Å²) in [6.45, 7) is 5.70. The molecule has 35 heavy (non-hydrogen) atoms. The van der Waals surface area contributed by atoms with Crippen LogP contribution in [0.1, 0.15) is 32.6 Å². The number of sulfonamides is 1. The van der Waals surface area contributed by atoms with Crippen molar-refractivity contribution in [3.63, 3.8) is 0 Å². The molecule has 0 fully saturated rings. The summed E-state index contributed by atoms with van der Waals surface area (Å²) < 4.78 is 29.5. The van der Waals surface area contributed by atoms with Crippen LogP contribution in [0.5, 0.6) is 0 Å². The third-order valence-electron chi connectivity index (χ3n) is 5.77. The molecule has 4 aromatic rings. The van der Waals surface area contributed by atoms with Gasteiger partial charge in [-0.2, -0.15) is 0 Å². The molecular weight excluding hydrogens is 482 g/mol. The highest BCUT2D eigenvalue weighted by Gasteiger charge is 2.31. The van der Waals surface area contributed by atoms with E-state index >= 15 is 0 Å². The number of nitrogens with one attached hydrogen (secondary N) is 1. The standard InChI is InChI=1S/C26H25N3O4S2/c1-17-10-11-20(15-19(17)3)16-29(25-18(2)7-6-8-21(25)26(30)28-31)35(32,33)24-13-12-23(34-24)22-9-4-5-14-27-22/h4-15,31H,16H2,1-3H3,(H,28,30). The van der Waals surface area contributed by atoms with Gasteiger partial charge in [-0.05, 0) is 73.4 Å². The predicted molar refractivity (Wildman–Crippen MR) is 137 cm³/mol. The largest absolute Gasteiger partial charge is 0.288 e. The maximum absolute atomic E-state index is 14.1. The number of para-hydroxylation sites is 1. The summed E-state index contributed by atoms with van der Waals surface area (Å²) in [7, 11) is -4.09. The molecule has 2 N–H and O–H groups in total. The fourth-order valence-corrected chi connectivity index (χ4v) is 6.73. The Labute approximate surface area is 208 Å². The zero-order valence-electron chi connectivity index (χ0n) is 19.5. The number of hydrogen-bond acceptors (Lipinski definition) is 6. The van der Waals surface area contributed by atoms with Gasteiger partial charge in [-0.1, -0.05) is 36.4 Å². The van der Waals surface area contributed by atoms with Gasteiger partial charge in [-0.15, -0.1) is 11.3 Å². The molecule has 180 valence electrons. The van der Waals surface area contributed by atoms with E-state index in [1.165, 1.54) is 10.4 Å². The lowest BCUT2D eigenvalue weighted by atomic mass is 10.0. The quantitative estimate of drug-likeness (QED) is 0.263. The monoisotopic (exact) mass is 507 g/mol. The molecule has 2 aromatic heterocycles. The van der Waals surface area contributed by atoms with Crippen molar-refractivity contribution in [2.75, 3.05) is 4.31 Å². The van der Waals surface area contributed by atoms with Crippen LogP contribution in [0.4, 0.5) is 5.69 Å². The van der Waals surface area contributed by atoms with Crippen molar-refractivity contribution >= 4 is 33.0 Å². The van der Waals surface area contributed by atoms with Gasteiger partial charge in [0.2, 0.25) is 0 Å². The predicted octanol–water partition coefficient (Wildman–Crippen LogP) is 5.25. The van der Waals surface area contributed by atoms with Crippen molar-refractivity contribution in [1.29, 1.82) is 0 Å². The maximum Gasteiger partial charge on any atom is 0.276 e. The van der Waals surface area contributed by atoms with Crippen molar-refractivity contribution in [3.8, 4) is 10.6 Å². The number of thiophene rings is 1. The number of benzene rings is 2. The average molecular weight is 508 g/mol. The summed E-state index contributed by atoms with van der Waals surface area (Å²) in [6, 6.07) is 19.4. The van der Waals surface area contributed by atoms with E-state index in [9.17, 15) is 18.4 Å². The number of aryl methyl sites for hydroxylation is 3. The summed E-state index contributed by atoms with van der Waals surface area (Å²) in [5, 5.41) is 9.32. The van der Waals surface area contributed by atoms with Crippen LogP contribution >= 0.6 is 11.3 Å². The Kier molecular flexibility index (Phi) is 7.02. The highest BCUT2D eigenvalue weighted by atomic mass is 32.2. The zero-order chi connectivity index (χ0) is 25.2. The topological polar surface area (TPSA) is 99.6 Å². The molecule has 0 saturated carbocycles. The summed E-state index contributed by atoms with van der Waals surface area (Å²) in [5.41, 5.74) is 6.07. The molecule has 0 unspecified atom stereocenters. The summed E-state index contributed by atoms with van der Waals surface area (Å²) in [4.78, 5) is 17.5. The number of amides is 1. The summed E-state index contributed by atoms with van der Waals surface area (Å²) >= 11 is 1.12. The highest BCUT2D eigenvalue weighted by Crippen LogP contribution is 2.36. The first-order chi connectivity index (χ1) is 16.7. The number of carbonyl (C=O) groups excluding carboxylic acids is 1. The molecule has 0 atom stereocenters. The molecule has 0 spiro atoms. The molecule has 9 heteroatoms. The minimum Gasteiger partial charge on any atom is -0.288 e. The number of hydroxylamine groups is 1. The van der Waals surface area contributed by atoms with Crippen molar-refractivity contribution in [2.24, 2.45) is 0 Å². The Morgan fingerprint density at radius 3 is 2.46 bits per heavy atom. The summed E-state index contributed by atoms with van der Waals surface area (Å²) in [5.74, 6) is -0.788. The zero-order valence-corrected chi connectivity index (χ0v) is 21.2. The Hall–Kier alpha value is -3.53. The fraction of sp³-hybridized carbons (Fsp3) is 0.154. The van der Waals surface area contributed by atoms with Gasteiger partial charge in [-0.25, -0.2) is 13.9 Å². The first-order valence-corrected chi connectivity index (χ1v) is 13.1. The van der Waals surface area contributed by atoms with E-state index in [1.807, 2.05) is 44.2 Å². The number of anilines is 1. The van der Waals surface area contributed by atoms with Crippen LogP contribution in [-0.4, -0.2) is 24.5 Å². The lowest BCUT2D eigenvalue weighted by Crippen LogP contribution is -2.33. The molecule has 0 radical (unpaired) electrons. The molecule has 4 rings (SSSR count). The minimum atomic E-state index is -4.09. The van der Waals surface area contributed by atoms with Crippen LogP contribution in [0, 0.1) is 20.8 Å². The normalized spacial score (nSPS) is 11.3. The molecule has 1 amide bonds. The van der Waals surface area contributed by atoms with E-state index in [4.69, 9.17) is 0 Å². The van der Waals surface area contributed by atoms with Crippen LogP contribution in [0.3, 0.4) is 0 Å². The second-order valence-corrected chi connectivity index (χ2v) is 11.3. The van der Waals surface area contributed by atoms with Crippen LogP contribution in [0.2, 0.25) is 0 Å². The molecular formula is C26H25N3O4S2. The SMILES string of the molecule is Cc1ccc(CN(c2c(C)cccc2C(=O)NO)S(=O)(=O)c2ccc(-c3ccccn3)s2)cc1C. The van der Waals surface area contributed by atoms with Crippen LogP contribution in [0.25, 0.3) is 10.6 Å². The van der Waals surface area contributed by atoms with E-state index in [0.29, 0.717) is 16.1 Å².